The lowest BCUT2D eigenvalue weighted by Gasteiger charge is -2.43. The third kappa shape index (κ3) is 1.77. The van der Waals surface area contributed by atoms with E-state index in [0.717, 1.165) is 32.5 Å². The molecule has 4 nitrogen and oxygen atoms in total. The Bertz CT molecular complexity index is 232. The van der Waals surface area contributed by atoms with Crippen molar-refractivity contribution < 1.29 is 9.90 Å². The van der Waals surface area contributed by atoms with Crippen LogP contribution in [0.1, 0.15) is 12.8 Å². The zero-order chi connectivity index (χ0) is 10.1. The third-order valence-electron chi connectivity index (χ3n) is 3.56. The van der Waals surface area contributed by atoms with Gasteiger partial charge in [0.2, 0.25) is 0 Å². The van der Waals surface area contributed by atoms with Gasteiger partial charge in [0.25, 0.3) is 0 Å². The number of hydrogen-bond acceptors (Lipinski definition) is 3. The van der Waals surface area contributed by atoms with Gasteiger partial charge >= 0.3 is 5.97 Å². The fraction of sp³-hybridized carbons (Fsp3) is 0.900. The topological polar surface area (TPSA) is 52.6 Å². The highest BCUT2D eigenvalue weighted by atomic mass is 16.4. The lowest BCUT2D eigenvalue weighted by Crippen LogP contribution is -2.56. The average Bonchev–Trinajstić information content (AvgIpc) is 2.16. The van der Waals surface area contributed by atoms with Crippen molar-refractivity contribution in [2.45, 2.75) is 18.9 Å². The Hall–Kier alpha value is -0.610. The fourth-order valence-corrected chi connectivity index (χ4v) is 2.76. The number of carboxylic acid groups (broad SMARTS) is 1. The number of piperidine rings is 2. The molecule has 3 atom stereocenters. The summed E-state index contributed by atoms with van der Waals surface area (Å²) < 4.78 is 0. The van der Waals surface area contributed by atoms with Crippen LogP contribution >= 0.6 is 0 Å². The molecule has 0 aromatic rings. The van der Waals surface area contributed by atoms with Crippen LogP contribution in [0.5, 0.6) is 0 Å². The van der Waals surface area contributed by atoms with Gasteiger partial charge in [-0.3, -0.25) is 4.79 Å². The van der Waals surface area contributed by atoms with Crippen LogP contribution in [-0.2, 0) is 4.79 Å². The van der Waals surface area contributed by atoms with Gasteiger partial charge in [0, 0.05) is 18.5 Å². The minimum atomic E-state index is -0.614. The number of likely N-dealkylation sites (tertiary alicyclic amines) is 1. The van der Waals surface area contributed by atoms with Crippen molar-refractivity contribution in [2.75, 3.05) is 26.7 Å². The first-order valence-corrected chi connectivity index (χ1v) is 5.33. The van der Waals surface area contributed by atoms with Crippen molar-refractivity contribution in [1.82, 2.24) is 10.2 Å². The van der Waals surface area contributed by atoms with E-state index in [4.69, 9.17) is 5.11 Å². The van der Waals surface area contributed by atoms with Crippen LogP contribution in [0.3, 0.4) is 0 Å². The van der Waals surface area contributed by atoms with Crippen molar-refractivity contribution in [2.24, 2.45) is 11.8 Å². The van der Waals surface area contributed by atoms with Crippen LogP contribution in [0.15, 0.2) is 0 Å². The summed E-state index contributed by atoms with van der Waals surface area (Å²) in [6.45, 7) is 2.87. The number of nitrogens with one attached hydrogen (secondary N) is 1. The first kappa shape index (κ1) is 9.93. The standard InChI is InChI=1S/C10H18N2O2/c1-12-5-3-9-8(6-12)7(10(13)14)2-4-11-9/h7-9,11H,2-6H2,1H3,(H,13,14). The SMILES string of the molecule is CN1CCC2NCCC(C(=O)O)C2C1. The number of rotatable bonds is 1. The summed E-state index contributed by atoms with van der Waals surface area (Å²) in [5.74, 6) is -0.444. The molecule has 2 aliphatic rings. The van der Waals surface area contributed by atoms with E-state index in [2.05, 4.69) is 17.3 Å². The smallest absolute Gasteiger partial charge is 0.306 e. The molecule has 2 N–H and O–H groups in total. The molecule has 0 aromatic carbocycles. The maximum atomic E-state index is 11.1. The molecule has 0 aromatic heterocycles. The second-order valence-corrected chi connectivity index (χ2v) is 4.51. The second-order valence-electron chi connectivity index (χ2n) is 4.51. The molecule has 2 rings (SSSR count). The van der Waals surface area contributed by atoms with E-state index in [9.17, 15) is 4.79 Å². The van der Waals surface area contributed by atoms with Crippen LogP contribution in [0, 0.1) is 11.8 Å². The minimum Gasteiger partial charge on any atom is -0.481 e. The van der Waals surface area contributed by atoms with Crippen LogP contribution in [-0.4, -0.2) is 48.7 Å². The fourth-order valence-electron chi connectivity index (χ4n) is 2.76. The van der Waals surface area contributed by atoms with Gasteiger partial charge in [-0.15, -0.1) is 0 Å². The molecule has 0 aliphatic carbocycles. The van der Waals surface area contributed by atoms with Crippen LogP contribution in [0.25, 0.3) is 0 Å². The Balaban J connectivity index is 2.08. The monoisotopic (exact) mass is 198 g/mol. The Labute approximate surface area is 84.3 Å². The maximum Gasteiger partial charge on any atom is 0.306 e. The van der Waals surface area contributed by atoms with E-state index in [1.165, 1.54) is 0 Å². The maximum absolute atomic E-state index is 11.1. The first-order chi connectivity index (χ1) is 6.68. The van der Waals surface area contributed by atoms with Gasteiger partial charge in [0.05, 0.1) is 5.92 Å². The lowest BCUT2D eigenvalue weighted by atomic mass is 9.77. The van der Waals surface area contributed by atoms with Gasteiger partial charge in [-0.25, -0.2) is 0 Å². The first-order valence-electron chi connectivity index (χ1n) is 5.33. The Morgan fingerprint density at radius 1 is 1.50 bits per heavy atom. The molecule has 3 unspecified atom stereocenters. The number of hydrogen-bond donors (Lipinski definition) is 2. The zero-order valence-corrected chi connectivity index (χ0v) is 8.57. The molecule has 14 heavy (non-hydrogen) atoms. The molecular formula is C10H18N2O2. The summed E-state index contributed by atoms with van der Waals surface area (Å²) in [7, 11) is 2.07. The Morgan fingerprint density at radius 3 is 3.00 bits per heavy atom. The summed E-state index contributed by atoms with van der Waals surface area (Å²) in [4.78, 5) is 13.3. The highest BCUT2D eigenvalue weighted by Crippen LogP contribution is 2.29. The molecule has 0 radical (unpaired) electrons. The Kier molecular flexibility index (Phi) is 2.74. The van der Waals surface area contributed by atoms with Crippen molar-refractivity contribution in [3.8, 4) is 0 Å². The van der Waals surface area contributed by atoms with Gasteiger partial charge in [0.15, 0.2) is 0 Å². The van der Waals surface area contributed by atoms with Crippen LogP contribution in [0.4, 0.5) is 0 Å². The van der Waals surface area contributed by atoms with Gasteiger partial charge in [0.1, 0.15) is 0 Å². The largest absolute Gasteiger partial charge is 0.481 e. The predicted octanol–water partition coefficient (Wildman–Crippen LogP) is 0.000800. The highest BCUT2D eigenvalue weighted by molar-refractivity contribution is 5.70. The van der Waals surface area contributed by atoms with Crippen LogP contribution < -0.4 is 5.32 Å². The van der Waals surface area contributed by atoms with Crippen molar-refractivity contribution in [3.05, 3.63) is 0 Å². The van der Waals surface area contributed by atoms with Gasteiger partial charge in [-0.1, -0.05) is 0 Å². The third-order valence-corrected chi connectivity index (χ3v) is 3.56. The quantitative estimate of drug-likeness (QED) is 0.623. The van der Waals surface area contributed by atoms with Gasteiger partial charge in [-0.05, 0) is 33.0 Å². The van der Waals surface area contributed by atoms with E-state index >= 15 is 0 Å². The van der Waals surface area contributed by atoms with Crippen molar-refractivity contribution in [1.29, 1.82) is 0 Å². The molecular weight excluding hydrogens is 180 g/mol. The van der Waals surface area contributed by atoms with Crippen molar-refractivity contribution >= 4 is 5.97 Å². The second kappa shape index (κ2) is 3.87. The highest BCUT2D eigenvalue weighted by Gasteiger charge is 2.39. The summed E-state index contributed by atoms with van der Waals surface area (Å²) >= 11 is 0. The summed E-state index contributed by atoms with van der Waals surface area (Å²) in [6.07, 6.45) is 1.87. The van der Waals surface area contributed by atoms with E-state index in [-0.39, 0.29) is 5.92 Å². The predicted molar refractivity (Wildman–Crippen MR) is 53.1 cm³/mol. The number of carbonyl (C=O) groups is 1. The molecule has 0 saturated carbocycles. The molecule has 2 aliphatic heterocycles. The molecule has 0 amide bonds. The molecule has 0 spiro atoms. The number of fused-ring (bicyclic) bond motifs is 1. The van der Waals surface area contributed by atoms with E-state index in [1.54, 1.807) is 0 Å². The summed E-state index contributed by atoms with van der Waals surface area (Å²) in [6, 6.07) is 0.432. The summed E-state index contributed by atoms with van der Waals surface area (Å²) in [5.41, 5.74) is 0. The summed E-state index contributed by atoms with van der Waals surface area (Å²) in [5, 5.41) is 12.6. The molecule has 2 saturated heterocycles. The van der Waals surface area contributed by atoms with Crippen LogP contribution in [0.2, 0.25) is 0 Å². The minimum absolute atomic E-state index is 0.135. The number of carboxylic acids is 1. The zero-order valence-electron chi connectivity index (χ0n) is 8.57. The molecule has 2 heterocycles. The van der Waals surface area contributed by atoms with Gasteiger partial charge < -0.3 is 15.3 Å². The van der Waals surface area contributed by atoms with E-state index in [0.29, 0.717) is 12.0 Å². The van der Waals surface area contributed by atoms with Gasteiger partial charge in [-0.2, -0.15) is 0 Å². The normalized spacial score (nSPS) is 39.1. The lowest BCUT2D eigenvalue weighted by molar-refractivity contribution is -0.146. The number of nitrogens with zero attached hydrogens (tertiary/aromatic N) is 1. The number of aliphatic carboxylic acids is 1. The average molecular weight is 198 g/mol. The van der Waals surface area contributed by atoms with E-state index < -0.39 is 5.97 Å². The Morgan fingerprint density at radius 2 is 2.29 bits per heavy atom. The van der Waals surface area contributed by atoms with Crippen molar-refractivity contribution in [3.63, 3.8) is 0 Å². The van der Waals surface area contributed by atoms with E-state index in [1.807, 2.05) is 0 Å². The molecule has 4 heteroatoms. The molecule has 2 fully saturated rings. The molecule has 80 valence electrons. The molecule has 0 bridgehead atoms.